The van der Waals surface area contributed by atoms with Gasteiger partial charge in [-0.05, 0) is 36.8 Å². The Balaban J connectivity index is 1.96. The zero-order valence-corrected chi connectivity index (χ0v) is 11.0. The van der Waals surface area contributed by atoms with Crippen molar-refractivity contribution in [2.75, 3.05) is 6.61 Å². The van der Waals surface area contributed by atoms with Crippen LogP contribution in [0.5, 0.6) is 5.75 Å². The van der Waals surface area contributed by atoms with Crippen LogP contribution < -0.4 is 4.74 Å². The number of ketones is 1. The minimum absolute atomic E-state index is 0.0776. The zero-order chi connectivity index (χ0) is 14.5. The third-order valence-corrected chi connectivity index (χ3v) is 2.83. The van der Waals surface area contributed by atoms with Crippen LogP contribution in [0, 0.1) is 18.6 Å². The lowest BCUT2D eigenvalue weighted by Gasteiger charge is -2.07. The SMILES string of the molecule is Cc1cccc(OCCC(=O)c2c(F)cccc2F)c1. The number of carbonyl (C=O) groups excluding carboxylic acids is 1. The van der Waals surface area contributed by atoms with Gasteiger partial charge in [-0.3, -0.25) is 4.79 Å². The van der Waals surface area contributed by atoms with E-state index in [2.05, 4.69) is 0 Å². The molecule has 104 valence electrons. The van der Waals surface area contributed by atoms with Crippen LogP contribution in [0.3, 0.4) is 0 Å². The molecule has 20 heavy (non-hydrogen) atoms. The highest BCUT2D eigenvalue weighted by Gasteiger charge is 2.16. The van der Waals surface area contributed by atoms with Crippen molar-refractivity contribution in [2.45, 2.75) is 13.3 Å². The van der Waals surface area contributed by atoms with E-state index in [1.807, 2.05) is 25.1 Å². The van der Waals surface area contributed by atoms with E-state index >= 15 is 0 Å². The zero-order valence-electron chi connectivity index (χ0n) is 11.0. The molecule has 0 saturated carbocycles. The smallest absolute Gasteiger partial charge is 0.172 e. The van der Waals surface area contributed by atoms with E-state index < -0.39 is 23.0 Å². The first-order chi connectivity index (χ1) is 9.58. The van der Waals surface area contributed by atoms with Crippen molar-refractivity contribution >= 4 is 5.78 Å². The number of ether oxygens (including phenoxy) is 1. The van der Waals surface area contributed by atoms with Gasteiger partial charge in [0.25, 0.3) is 0 Å². The number of halogens is 2. The summed E-state index contributed by atoms with van der Waals surface area (Å²) in [4.78, 5) is 11.8. The summed E-state index contributed by atoms with van der Waals surface area (Å²) in [5.41, 5.74) is 0.536. The van der Waals surface area contributed by atoms with E-state index in [0.29, 0.717) is 5.75 Å². The molecule has 2 aromatic rings. The molecule has 2 aromatic carbocycles. The van der Waals surface area contributed by atoms with Crippen LogP contribution in [-0.4, -0.2) is 12.4 Å². The van der Waals surface area contributed by atoms with E-state index in [0.717, 1.165) is 17.7 Å². The Labute approximate surface area is 116 Å². The number of Topliss-reactive ketones (excluding diaryl/α,β-unsaturated/α-hetero) is 1. The van der Waals surface area contributed by atoms with E-state index in [9.17, 15) is 13.6 Å². The fourth-order valence-electron chi connectivity index (χ4n) is 1.86. The van der Waals surface area contributed by atoms with Gasteiger partial charge in [0.15, 0.2) is 5.78 Å². The molecule has 0 aliphatic carbocycles. The second-order valence-electron chi connectivity index (χ2n) is 4.43. The Hall–Kier alpha value is -2.23. The molecule has 0 amide bonds. The molecule has 0 heterocycles. The van der Waals surface area contributed by atoms with Crippen molar-refractivity contribution in [2.24, 2.45) is 0 Å². The highest BCUT2D eigenvalue weighted by atomic mass is 19.1. The van der Waals surface area contributed by atoms with Crippen LogP contribution in [-0.2, 0) is 0 Å². The van der Waals surface area contributed by atoms with Gasteiger partial charge in [-0.2, -0.15) is 0 Å². The number of rotatable bonds is 5. The molecule has 0 N–H and O–H groups in total. The number of benzene rings is 2. The lowest BCUT2D eigenvalue weighted by Crippen LogP contribution is -2.10. The van der Waals surface area contributed by atoms with Crippen molar-refractivity contribution in [1.29, 1.82) is 0 Å². The van der Waals surface area contributed by atoms with Crippen molar-refractivity contribution in [3.63, 3.8) is 0 Å². The van der Waals surface area contributed by atoms with Crippen LogP contribution in [0.15, 0.2) is 42.5 Å². The fourth-order valence-corrected chi connectivity index (χ4v) is 1.86. The molecule has 0 fully saturated rings. The van der Waals surface area contributed by atoms with E-state index in [1.165, 1.54) is 6.07 Å². The van der Waals surface area contributed by atoms with Crippen molar-refractivity contribution in [1.82, 2.24) is 0 Å². The first kappa shape index (κ1) is 14.2. The standard InChI is InChI=1S/C16H14F2O2/c1-11-4-2-5-12(10-11)20-9-8-15(19)16-13(17)6-3-7-14(16)18/h2-7,10H,8-9H2,1H3. The Morgan fingerprint density at radius 3 is 2.40 bits per heavy atom. The van der Waals surface area contributed by atoms with Gasteiger partial charge in [-0.15, -0.1) is 0 Å². The molecule has 2 rings (SSSR count). The van der Waals surface area contributed by atoms with Crippen LogP contribution in [0.1, 0.15) is 22.3 Å². The molecule has 0 spiro atoms. The van der Waals surface area contributed by atoms with Crippen LogP contribution in [0.25, 0.3) is 0 Å². The minimum Gasteiger partial charge on any atom is -0.493 e. The van der Waals surface area contributed by atoms with E-state index in [1.54, 1.807) is 6.07 Å². The molecule has 0 unspecified atom stereocenters. The Morgan fingerprint density at radius 1 is 1.10 bits per heavy atom. The third kappa shape index (κ3) is 3.41. The largest absolute Gasteiger partial charge is 0.493 e. The molecule has 0 bridgehead atoms. The van der Waals surface area contributed by atoms with Gasteiger partial charge in [0.05, 0.1) is 12.2 Å². The summed E-state index contributed by atoms with van der Waals surface area (Å²) in [7, 11) is 0. The average molecular weight is 276 g/mol. The molecule has 2 nitrogen and oxygen atoms in total. The number of carbonyl (C=O) groups is 1. The molecule has 0 aliphatic heterocycles. The maximum atomic E-state index is 13.4. The normalized spacial score (nSPS) is 10.3. The summed E-state index contributed by atoms with van der Waals surface area (Å²) in [6.45, 7) is 2.00. The second kappa shape index (κ2) is 6.28. The van der Waals surface area contributed by atoms with Gasteiger partial charge in [0.1, 0.15) is 17.4 Å². The predicted molar refractivity (Wildman–Crippen MR) is 72.0 cm³/mol. The van der Waals surface area contributed by atoms with Crippen LogP contribution in [0.2, 0.25) is 0 Å². The summed E-state index contributed by atoms with van der Waals surface area (Å²) in [6.07, 6.45) is -0.0776. The van der Waals surface area contributed by atoms with Crippen molar-refractivity contribution < 1.29 is 18.3 Å². The van der Waals surface area contributed by atoms with Gasteiger partial charge in [-0.1, -0.05) is 18.2 Å². The van der Waals surface area contributed by atoms with Gasteiger partial charge >= 0.3 is 0 Å². The summed E-state index contributed by atoms with van der Waals surface area (Å²) in [5, 5.41) is 0. The summed E-state index contributed by atoms with van der Waals surface area (Å²) in [5.74, 6) is -1.66. The van der Waals surface area contributed by atoms with Gasteiger partial charge in [-0.25, -0.2) is 8.78 Å². The third-order valence-electron chi connectivity index (χ3n) is 2.83. The predicted octanol–water partition coefficient (Wildman–Crippen LogP) is 3.93. The maximum Gasteiger partial charge on any atom is 0.172 e. The quantitative estimate of drug-likeness (QED) is 0.773. The average Bonchev–Trinajstić information content (AvgIpc) is 2.38. The summed E-state index contributed by atoms with van der Waals surface area (Å²) in [6, 6.07) is 10.7. The van der Waals surface area contributed by atoms with Crippen molar-refractivity contribution in [3.8, 4) is 5.75 Å². The number of hydrogen-bond acceptors (Lipinski definition) is 2. The lowest BCUT2D eigenvalue weighted by molar-refractivity contribution is 0.0954. The van der Waals surface area contributed by atoms with Gasteiger partial charge in [0.2, 0.25) is 0 Å². The van der Waals surface area contributed by atoms with Crippen LogP contribution in [0.4, 0.5) is 8.78 Å². The monoisotopic (exact) mass is 276 g/mol. The maximum absolute atomic E-state index is 13.4. The van der Waals surface area contributed by atoms with Gasteiger partial charge in [0, 0.05) is 6.42 Å². The molecule has 0 aromatic heterocycles. The molecular formula is C16H14F2O2. The summed E-state index contributed by atoms with van der Waals surface area (Å²) < 4.78 is 32.2. The van der Waals surface area contributed by atoms with Crippen molar-refractivity contribution in [3.05, 3.63) is 65.2 Å². The van der Waals surface area contributed by atoms with E-state index in [-0.39, 0.29) is 13.0 Å². The fraction of sp³-hybridized carbons (Fsp3) is 0.188. The second-order valence-corrected chi connectivity index (χ2v) is 4.43. The topological polar surface area (TPSA) is 26.3 Å². The molecule has 4 heteroatoms. The Morgan fingerprint density at radius 2 is 1.75 bits per heavy atom. The van der Waals surface area contributed by atoms with Crippen LogP contribution >= 0.6 is 0 Å². The van der Waals surface area contributed by atoms with Gasteiger partial charge < -0.3 is 4.74 Å². The minimum atomic E-state index is -0.842. The Kier molecular flexibility index (Phi) is 4.45. The lowest BCUT2D eigenvalue weighted by atomic mass is 10.1. The highest BCUT2D eigenvalue weighted by Crippen LogP contribution is 2.16. The first-order valence-electron chi connectivity index (χ1n) is 6.24. The number of aryl methyl sites for hydroxylation is 1. The molecule has 0 atom stereocenters. The Bertz CT molecular complexity index is 603. The highest BCUT2D eigenvalue weighted by molar-refractivity contribution is 5.96. The molecule has 0 aliphatic rings. The summed E-state index contributed by atoms with van der Waals surface area (Å²) >= 11 is 0. The molecule has 0 saturated heterocycles. The number of hydrogen-bond donors (Lipinski definition) is 0. The molecule has 0 radical (unpaired) electrons. The van der Waals surface area contributed by atoms with E-state index in [4.69, 9.17) is 4.74 Å². The first-order valence-corrected chi connectivity index (χ1v) is 6.24. The molecular weight excluding hydrogens is 262 g/mol.